The molecule has 1 aromatic heterocycles. The first kappa shape index (κ1) is 21.8. The van der Waals surface area contributed by atoms with Crippen LogP contribution in [0.1, 0.15) is 30.0 Å². The van der Waals surface area contributed by atoms with Crippen LogP contribution in [0.15, 0.2) is 70.7 Å². The molecule has 0 radical (unpaired) electrons. The molecule has 33 heavy (non-hydrogen) atoms. The standard InChI is InChI=1S/C24H20N2O7/c1-3-32-18-6-4-5-17(13-18)25-21(19-12-7-14(2)33-19)20(23(28)24(25)29)22(27)15-8-10-16(11-9-15)26(30)31/h4-13,21,27H,3H2,1-2H3/b22-20-. The third-order valence-electron chi connectivity index (χ3n) is 5.23. The van der Waals surface area contributed by atoms with Gasteiger partial charge in [-0.25, -0.2) is 0 Å². The number of amides is 1. The van der Waals surface area contributed by atoms with Crippen molar-refractivity contribution in [1.29, 1.82) is 0 Å². The molecule has 1 aliphatic rings. The number of aryl methyl sites for hydroxylation is 1. The number of anilines is 1. The van der Waals surface area contributed by atoms with Crippen LogP contribution in [0.4, 0.5) is 11.4 Å². The lowest BCUT2D eigenvalue weighted by atomic mass is 9.99. The Hall–Kier alpha value is -4.40. The van der Waals surface area contributed by atoms with Crippen LogP contribution in [0.5, 0.6) is 5.75 Å². The van der Waals surface area contributed by atoms with Crippen LogP contribution < -0.4 is 9.64 Å². The molecule has 0 saturated carbocycles. The molecular weight excluding hydrogens is 428 g/mol. The second-order valence-corrected chi connectivity index (χ2v) is 7.35. The van der Waals surface area contributed by atoms with Crippen LogP contribution in [0, 0.1) is 17.0 Å². The molecule has 0 spiro atoms. The molecule has 168 valence electrons. The number of hydrogen-bond donors (Lipinski definition) is 1. The molecular formula is C24H20N2O7. The maximum absolute atomic E-state index is 13.1. The molecule has 1 aliphatic heterocycles. The van der Waals surface area contributed by atoms with Crippen molar-refractivity contribution < 1.29 is 28.8 Å². The van der Waals surface area contributed by atoms with E-state index in [9.17, 15) is 24.8 Å². The number of benzene rings is 2. The number of rotatable bonds is 6. The van der Waals surface area contributed by atoms with Crippen molar-refractivity contribution in [3.05, 3.63) is 93.4 Å². The van der Waals surface area contributed by atoms with Crippen LogP contribution in [-0.4, -0.2) is 28.3 Å². The van der Waals surface area contributed by atoms with Gasteiger partial charge in [-0.1, -0.05) is 6.07 Å². The van der Waals surface area contributed by atoms with E-state index < -0.39 is 28.4 Å². The Labute approximate surface area is 188 Å². The highest BCUT2D eigenvalue weighted by atomic mass is 16.6. The minimum absolute atomic E-state index is 0.162. The Bertz CT molecular complexity index is 1270. The van der Waals surface area contributed by atoms with Crippen molar-refractivity contribution >= 4 is 28.8 Å². The van der Waals surface area contributed by atoms with Gasteiger partial charge < -0.3 is 14.3 Å². The maximum Gasteiger partial charge on any atom is 0.300 e. The monoisotopic (exact) mass is 448 g/mol. The van der Waals surface area contributed by atoms with E-state index in [0.717, 1.165) is 0 Å². The fourth-order valence-electron chi connectivity index (χ4n) is 3.75. The Morgan fingerprint density at radius 1 is 1.15 bits per heavy atom. The number of aliphatic hydroxyl groups excluding tert-OH is 1. The molecule has 1 unspecified atom stereocenters. The molecule has 1 atom stereocenters. The predicted molar refractivity (Wildman–Crippen MR) is 119 cm³/mol. The molecule has 1 amide bonds. The summed E-state index contributed by atoms with van der Waals surface area (Å²) in [5.74, 6) is -0.823. The molecule has 0 aliphatic carbocycles. The van der Waals surface area contributed by atoms with Gasteiger partial charge in [0.25, 0.3) is 17.4 Å². The summed E-state index contributed by atoms with van der Waals surface area (Å²) >= 11 is 0. The van der Waals surface area contributed by atoms with E-state index in [0.29, 0.717) is 23.8 Å². The third-order valence-corrected chi connectivity index (χ3v) is 5.23. The van der Waals surface area contributed by atoms with Crippen molar-refractivity contribution in [3.8, 4) is 5.75 Å². The number of hydrogen-bond acceptors (Lipinski definition) is 7. The number of nitrogens with zero attached hydrogens (tertiary/aromatic N) is 2. The highest BCUT2D eigenvalue weighted by Crippen LogP contribution is 2.43. The number of non-ortho nitro benzene ring substituents is 1. The van der Waals surface area contributed by atoms with E-state index in [-0.39, 0.29) is 22.6 Å². The Kier molecular flexibility index (Phi) is 5.70. The number of aliphatic hydroxyl groups is 1. The smallest absolute Gasteiger partial charge is 0.300 e. The van der Waals surface area contributed by atoms with Crippen molar-refractivity contribution in [2.45, 2.75) is 19.9 Å². The first-order valence-electron chi connectivity index (χ1n) is 10.2. The molecule has 1 saturated heterocycles. The van der Waals surface area contributed by atoms with E-state index in [1.54, 1.807) is 43.3 Å². The zero-order valence-electron chi connectivity index (χ0n) is 17.8. The lowest BCUT2D eigenvalue weighted by molar-refractivity contribution is -0.384. The summed E-state index contributed by atoms with van der Waals surface area (Å²) in [7, 11) is 0. The number of Topliss-reactive ketones (excluding diaryl/α,β-unsaturated/α-hetero) is 1. The molecule has 1 N–H and O–H groups in total. The van der Waals surface area contributed by atoms with Gasteiger partial charge in [0.15, 0.2) is 0 Å². The summed E-state index contributed by atoms with van der Waals surface area (Å²) in [5.41, 5.74) is 0.211. The predicted octanol–water partition coefficient (Wildman–Crippen LogP) is 4.52. The number of ether oxygens (including phenoxy) is 1. The molecule has 3 aromatic rings. The fraction of sp³-hybridized carbons (Fsp3) is 0.167. The largest absolute Gasteiger partial charge is 0.507 e. The second-order valence-electron chi connectivity index (χ2n) is 7.35. The summed E-state index contributed by atoms with van der Waals surface area (Å²) in [6.07, 6.45) is 0. The minimum Gasteiger partial charge on any atom is -0.507 e. The van der Waals surface area contributed by atoms with E-state index in [4.69, 9.17) is 9.15 Å². The van der Waals surface area contributed by atoms with Crippen LogP contribution in [-0.2, 0) is 9.59 Å². The maximum atomic E-state index is 13.1. The van der Waals surface area contributed by atoms with E-state index in [2.05, 4.69) is 0 Å². The van der Waals surface area contributed by atoms with Gasteiger partial charge in [0.2, 0.25) is 0 Å². The normalized spacial score (nSPS) is 17.4. The van der Waals surface area contributed by atoms with Crippen molar-refractivity contribution in [1.82, 2.24) is 0 Å². The Balaban J connectivity index is 1.88. The molecule has 2 heterocycles. The lowest BCUT2D eigenvalue weighted by Crippen LogP contribution is -2.29. The van der Waals surface area contributed by atoms with Gasteiger partial charge in [0, 0.05) is 29.4 Å². The van der Waals surface area contributed by atoms with Crippen LogP contribution in [0.2, 0.25) is 0 Å². The van der Waals surface area contributed by atoms with Crippen molar-refractivity contribution in [2.24, 2.45) is 0 Å². The fourth-order valence-corrected chi connectivity index (χ4v) is 3.75. The SMILES string of the molecule is CCOc1cccc(N2C(=O)C(=O)/C(=C(\O)c3ccc([N+](=O)[O-])cc3)C2c2ccc(C)o2)c1. The molecule has 2 aromatic carbocycles. The van der Waals surface area contributed by atoms with Crippen LogP contribution in [0.25, 0.3) is 5.76 Å². The van der Waals surface area contributed by atoms with Gasteiger partial charge in [0.05, 0.1) is 17.1 Å². The van der Waals surface area contributed by atoms with Gasteiger partial charge in [-0.3, -0.25) is 24.6 Å². The average Bonchev–Trinajstić information content (AvgIpc) is 3.34. The number of furan rings is 1. The van der Waals surface area contributed by atoms with Crippen molar-refractivity contribution in [2.75, 3.05) is 11.5 Å². The summed E-state index contributed by atoms with van der Waals surface area (Å²) in [6.45, 7) is 3.97. The topological polar surface area (TPSA) is 123 Å². The molecule has 9 heteroatoms. The van der Waals surface area contributed by atoms with Crippen LogP contribution >= 0.6 is 0 Å². The van der Waals surface area contributed by atoms with Gasteiger partial charge in [0.1, 0.15) is 29.1 Å². The highest BCUT2D eigenvalue weighted by molar-refractivity contribution is 6.51. The molecule has 0 bridgehead atoms. The van der Waals surface area contributed by atoms with Gasteiger partial charge in [-0.15, -0.1) is 0 Å². The minimum atomic E-state index is -1.04. The van der Waals surface area contributed by atoms with E-state index >= 15 is 0 Å². The second kappa shape index (κ2) is 8.62. The third kappa shape index (κ3) is 3.96. The quantitative estimate of drug-likeness (QED) is 0.193. The zero-order chi connectivity index (χ0) is 23.7. The molecule has 4 rings (SSSR count). The Morgan fingerprint density at radius 2 is 1.88 bits per heavy atom. The average molecular weight is 448 g/mol. The lowest BCUT2D eigenvalue weighted by Gasteiger charge is -2.23. The summed E-state index contributed by atoms with van der Waals surface area (Å²) < 4.78 is 11.3. The number of carbonyl (C=O) groups excluding carboxylic acids is 2. The summed E-state index contributed by atoms with van der Waals surface area (Å²) in [6, 6.07) is 14.1. The summed E-state index contributed by atoms with van der Waals surface area (Å²) in [4.78, 5) is 37.8. The molecule has 1 fully saturated rings. The molecule has 9 nitrogen and oxygen atoms in total. The van der Waals surface area contributed by atoms with Crippen molar-refractivity contribution in [3.63, 3.8) is 0 Å². The Morgan fingerprint density at radius 3 is 2.48 bits per heavy atom. The number of carbonyl (C=O) groups is 2. The number of nitro groups is 1. The first-order chi connectivity index (χ1) is 15.8. The van der Waals surface area contributed by atoms with Gasteiger partial charge >= 0.3 is 0 Å². The summed E-state index contributed by atoms with van der Waals surface area (Å²) in [5, 5.41) is 22.0. The zero-order valence-corrected chi connectivity index (χ0v) is 17.8. The van der Waals surface area contributed by atoms with Gasteiger partial charge in [-0.2, -0.15) is 0 Å². The number of ketones is 1. The number of nitro benzene ring substituents is 1. The van der Waals surface area contributed by atoms with E-state index in [1.807, 2.05) is 6.92 Å². The van der Waals surface area contributed by atoms with Crippen LogP contribution in [0.3, 0.4) is 0 Å². The first-order valence-corrected chi connectivity index (χ1v) is 10.2. The van der Waals surface area contributed by atoms with Gasteiger partial charge in [-0.05, 0) is 50.2 Å². The highest BCUT2D eigenvalue weighted by Gasteiger charge is 2.48. The van der Waals surface area contributed by atoms with E-state index in [1.165, 1.54) is 29.2 Å².